The van der Waals surface area contributed by atoms with E-state index >= 15 is 0 Å². The van der Waals surface area contributed by atoms with Crippen molar-refractivity contribution >= 4 is 11.8 Å². The minimum absolute atomic E-state index is 0.0857. The molecular weight excluding hydrogens is 626 g/mol. The van der Waals surface area contributed by atoms with Crippen LogP contribution in [0.4, 0.5) is 0 Å². The first-order valence-corrected chi connectivity index (χ1v) is 17.7. The van der Waals surface area contributed by atoms with Gasteiger partial charge in [0, 0.05) is 42.6 Å². The fourth-order valence-electron chi connectivity index (χ4n) is 7.55. The van der Waals surface area contributed by atoms with E-state index in [-0.39, 0.29) is 30.8 Å². The van der Waals surface area contributed by atoms with Gasteiger partial charge >= 0.3 is 5.97 Å². The smallest absolute Gasteiger partial charge is 0.311 e. The highest BCUT2D eigenvalue weighted by molar-refractivity contribution is 5.84. The van der Waals surface area contributed by atoms with Crippen LogP contribution in [0.5, 0.6) is 0 Å². The van der Waals surface area contributed by atoms with Gasteiger partial charge in [0.25, 0.3) is 0 Å². The fourth-order valence-corrected chi connectivity index (χ4v) is 7.55. The second-order valence-corrected chi connectivity index (χ2v) is 15.3. The Morgan fingerprint density at radius 1 is 0.854 bits per heavy atom. The molecule has 0 aromatic rings. The van der Waals surface area contributed by atoms with Gasteiger partial charge in [-0.2, -0.15) is 0 Å². The van der Waals surface area contributed by atoms with Gasteiger partial charge in [0.15, 0.2) is 12.6 Å². The Bertz CT molecular complexity index is 1060. The molecule has 3 heterocycles. The van der Waals surface area contributed by atoms with Gasteiger partial charge in [-0.05, 0) is 54.6 Å². The zero-order chi connectivity index (χ0) is 36.4. The number of ether oxygens (including phenoxy) is 5. The number of ketones is 1. The lowest BCUT2D eigenvalue weighted by molar-refractivity contribution is -0.304. The minimum Gasteiger partial charge on any atom is -0.462 e. The quantitative estimate of drug-likeness (QED) is 0.254. The SMILES string of the molecule is CC[C@H]1OC(=O)[C@H](C)[C@@H](O[C@H]2C[C@@](C)(O)[C@@H](O)[C@H](C)O2)[C@H](C)[C@@H](O[C@@H]2O[C@H](C)C[C@H](N(C)C)[C@H]2O)C[C@H](O)[C@@H](C)C(=O)[C@H](C)[C@@H](O)[C@H]1C. The molecule has 13 nitrogen and oxygen atoms in total. The number of esters is 1. The first-order valence-electron chi connectivity index (χ1n) is 17.7. The van der Waals surface area contributed by atoms with Crippen LogP contribution < -0.4 is 0 Å². The summed E-state index contributed by atoms with van der Waals surface area (Å²) in [6, 6.07) is -0.278. The number of Topliss-reactive ketones (excluding diaryl/α,β-unsaturated/α-hetero) is 1. The number of carbonyl (C=O) groups is 2. The third kappa shape index (κ3) is 9.34. The average Bonchev–Trinajstić information content (AvgIpc) is 3.02. The average molecular weight is 690 g/mol. The lowest BCUT2D eigenvalue weighted by atomic mass is 9.79. The van der Waals surface area contributed by atoms with Crippen LogP contribution in [-0.2, 0) is 33.3 Å². The van der Waals surface area contributed by atoms with Crippen LogP contribution in [0.1, 0.15) is 88.0 Å². The standard InChI is InChI=1S/C35H63NO12/c1-12-25-18(4)29(39)20(6)28(38)17(3)24(37)14-26(47-34-30(40)23(36(10)11)13-16(2)44-34)19(5)31(21(7)33(42)46-25)48-27-15-35(9,43)32(41)22(8)45-27/h16-27,29-32,34,37,39-41,43H,12-15H2,1-11H3/t16-,17-,18+,19-,20+,21-,22+,23+,24+,25-,26+,27+,29+,30-,31+,32+,34+,35-/m1/s1. The highest BCUT2D eigenvalue weighted by atomic mass is 16.7. The summed E-state index contributed by atoms with van der Waals surface area (Å²) in [5.41, 5.74) is -1.54. The van der Waals surface area contributed by atoms with E-state index in [9.17, 15) is 35.1 Å². The molecule has 3 fully saturated rings. The molecule has 0 bridgehead atoms. The van der Waals surface area contributed by atoms with Crippen molar-refractivity contribution in [3.8, 4) is 0 Å². The van der Waals surface area contributed by atoms with Gasteiger partial charge in [-0.1, -0.05) is 34.6 Å². The molecule has 0 aliphatic carbocycles. The van der Waals surface area contributed by atoms with E-state index in [1.165, 1.54) is 6.92 Å². The third-order valence-electron chi connectivity index (χ3n) is 11.1. The van der Waals surface area contributed by atoms with Crippen molar-refractivity contribution in [2.75, 3.05) is 14.1 Å². The molecule has 0 unspecified atom stereocenters. The van der Waals surface area contributed by atoms with Gasteiger partial charge in [-0.25, -0.2) is 0 Å². The Hall–Kier alpha value is -1.26. The Balaban J connectivity index is 2.09. The molecule has 13 heteroatoms. The Kier molecular flexibility index (Phi) is 14.4. The largest absolute Gasteiger partial charge is 0.462 e. The first kappa shape index (κ1) is 41.2. The number of aliphatic hydroxyl groups excluding tert-OH is 4. The molecule has 3 saturated heterocycles. The summed E-state index contributed by atoms with van der Waals surface area (Å²) >= 11 is 0. The maximum Gasteiger partial charge on any atom is 0.311 e. The predicted octanol–water partition coefficient (Wildman–Crippen LogP) is 1.63. The van der Waals surface area contributed by atoms with Crippen LogP contribution in [0.3, 0.4) is 0 Å². The fraction of sp³-hybridized carbons (Fsp3) is 0.943. The Morgan fingerprint density at radius 3 is 2.04 bits per heavy atom. The number of aliphatic hydroxyl groups is 5. The summed E-state index contributed by atoms with van der Waals surface area (Å²) in [6.45, 7) is 15.2. The topological polar surface area (TPSA) is 185 Å². The first-order chi connectivity index (χ1) is 22.2. The molecule has 0 aromatic carbocycles. The number of likely N-dealkylation sites (N-methyl/N-ethyl adjacent to an activating group) is 1. The third-order valence-corrected chi connectivity index (χ3v) is 11.1. The lowest BCUT2D eigenvalue weighted by Gasteiger charge is -2.46. The van der Waals surface area contributed by atoms with Crippen molar-refractivity contribution in [2.45, 2.75) is 167 Å². The van der Waals surface area contributed by atoms with E-state index in [0.29, 0.717) is 12.8 Å². The maximum absolute atomic E-state index is 13.9. The second kappa shape index (κ2) is 16.8. The molecule has 3 rings (SSSR count). The predicted molar refractivity (Wildman–Crippen MR) is 175 cm³/mol. The van der Waals surface area contributed by atoms with Gasteiger partial charge in [-0.3, -0.25) is 9.59 Å². The van der Waals surface area contributed by atoms with Crippen molar-refractivity contribution in [1.82, 2.24) is 4.90 Å². The lowest BCUT2D eigenvalue weighted by Crippen LogP contribution is -2.57. The number of hydrogen-bond acceptors (Lipinski definition) is 13. The van der Waals surface area contributed by atoms with E-state index in [1.54, 1.807) is 41.5 Å². The number of cyclic esters (lactones) is 1. The molecule has 0 saturated carbocycles. The van der Waals surface area contributed by atoms with Crippen LogP contribution in [0.25, 0.3) is 0 Å². The van der Waals surface area contributed by atoms with Crippen molar-refractivity contribution in [3.05, 3.63) is 0 Å². The van der Waals surface area contributed by atoms with E-state index in [4.69, 9.17) is 23.7 Å². The van der Waals surface area contributed by atoms with Crippen LogP contribution in [0.2, 0.25) is 0 Å². The molecular formula is C35H63NO12. The molecule has 3 aliphatic heterocycles. The van der Waals surface area contributed by atoms with E-state index < -0.39 is 103 Å². The van der Waals surface area contributed by atoms with Crippen LogP contribution >= 0.6 is 0 Å². The molecule has 3 aliphatic rings. The van der Waals surface area contributed by atoms with E-state index in [0.717, 1.165) is 0 Å². The van der Waals surface area contributed by atoms with Gasteiger partial charge in [0.05, 0.1) is 48.1 Å². The normalized spacial score (nSPS) is 49.0. The number of carbonyl (C=O) groups excluding carboxylic acids is 2. The Morgan fingerprint density at radius 2 is 1.48 bits per heavy atom. The second-order valence-electron chi connectivity index (χ2n) is 15.3. The van der Waals surface area contributed by atoms with E-state index in [2.05, 4.69) is 0 Å². The van der Waals surface area contributed by atoms with Gasteiger partial charge in [0.2, 0.25) is 0 Å². The zero-order valence-electron chi connectivity index (χ0n) is 30.7. The summed E-state index contributed by atoms with van der Waals surface area (Å²) in [6.07, 6.45) is -9.55. The highest BCUT2D eigenvalue weighted by Gasteiger charge is 2.48. The number of nitrogens with zero attached hydrogens (tertiary/aromatic N) is 1. The molecule has 5 N–H and O–H groups in total. The Labute approximate surface area is 286 Å². The van der Waals surface area contributed by atoms with Crippen molar-refractivity contribution in [3.63, 3.8) is 0 Å². The zero-order valence-corrected chi connectivity index (χ0v) is 30.7. The van der Waals surface area contributed by atoms with Gasteiger partial charge in [0.1, 0.15) is 24.1 Å². The number of hydrogen-bond donors (Lipinski definition) is 5. The van der Waals surface area contributed by atoms with Crippen molar-refractivity contribution < 1.29 is 58.8 Å². The monoisotopic (exact) mass is 689 g/mol. The molecule has 280 valence electrons. The maximum atomic E-state index is 13.9. The van der Waals surface area contributed by atoms with Crippen LogP contribution in [0, 0.1) is 29.6 Å². The summed E-state index contributed by atoms with van der Waals surface area (Å²) in [5.74, 6) is -4.87. The molecule has 48 heavy (non-hydrogen) atoms. The molecule has 0 spiro atoms. The minimum atomic E-state index is -1.54. The molecule has 18 atom stereocenters. The number of rotatable bonds is 6. The summed E-state index contributed by atoms with van der Waals surface area (Å²) in [4.78, 5) is 29.4. The van der Waals surface area contributed by atoms with Crippen LogP contribution in [0.15, 0.2) is 0 Å². The van der Waals surface area contributed by atoms with Gasteiger partial charge < -0.3 is 54.1 Å². The van der Waals surface area contributed by atoms with Crippen LogP contribution in [-0.4, -0.2) is 135 Å². The van der Waals surface area contributed by atoms with Crippen molar-refractivity contribution in [1.29, 1.82) is 0 Å². The summed E-state index contributed by atoms with van der Waals surface area (Å²) in [5, 5.41) is 55.6. The van der Waals surface area contributed by atoms with Gasteiger partial charge in [-0.15, -0.1) is 0 Å². The molecule has 0 aromatic heterocycles. The summed E-state index contributed by atoms with van der Waals surface area (Å²) < 4.78 is 31.1. The molecule has 0 amide bonds. The van der Waals surface area contributed by atoms with E-state index in [1.807, 2.05) is 32.8 Å². The summed E-state index contributed by atoms with van der Waals surface area (Å²) in [7, 11) is 3.72. The molecule has 0 radical (unpaired) electrons. The highest BCUT2D eigenvalue weighted by Crippen LogP contribution is 2.37. The van der Waals surface area contributed by atoms with Crippen molar-refractivity contribution in [2.24, 2.45) is 29.6 Å².